The van der Waals surface area contributed by atoms with Gasteiger partial charge in [-0.3, -0.25) is 9.59 Å². The van der Waals surface area contributed by atoms with Gasteiger partial charge in [-0.1, -0.05) is 0 Å². The van der Waals surface area contributed by atoms with Crippen LogP contribution in [-0.2, 0) is 23.9 Å². The van der Waals surface area contributed by atoms with Crippen LogP contribution in [0.25, 0.3) is 0 Å². The van der Waals surface area contributed by atoms with Crippen molar-refractivity contribution in [2.24, 2.45) is 0 Å². The Morgan fingerprint density at radius 1 is 1.00 bits per heavy atom. The van der Waals surface area contributed by atoms with E-state index in [1.807, 2.05) is 0 Å². The molecule has 0 fully saturated rings. The summed E-state index contributed by atoms with van der Waals surface area (Å²) in [4.78, 5) is 33.0. The zero-order valence-corrected chi connectivity index (χ0v) is 10.5. The van der Waals surface area contributed by atoms with Gasteiger partial charge in [-0.15, -0.1) is 0 Å². The van der Waals surface area contributed by atoms with Crippen LogP contribution in [0.3, 0.4) is 0 Å². The highest BCUT2D eigenvalue weighted by Gasteiger charge is 2.41. The van der Waals surface area contributed by atoms with E-state index in [-0.39, 0.29) is 19.4 Å². The Morgan fingerprint density at radius 3 is 1.56 bits per heavy atom. The van der Waals surface area contributed by atoms with Crippen LogP contribution in [0, 0.1) is 0 Å². The second-order valence-corrected chi connectivity index (χ2v) is 3.30. The number of hydrogen-bond donors (Lipinski definition) is 3. The summed E-state index contributed by atoms with van der Waals surface area (Å²) in [6.45, 7) is 3.22. The Labute approximate surface area is 104 Å². The molecule has 0 heterocycles. The third-order valence-corrected chi connectivity index (χ3v) is 1.88. The number of carboxylic acid groups (broad SMARTS) is 1. The Balaban J connectivity index is 0. The molecule has 8 nitrogen and oxygen atoms in total. The van der Waals surface area contributed by atoms with Gasteiger partial charge in [0.25, 0.3) is 0 Å². The van der Waals surface area contributed by atoms with Crippen molar-refractivity contribution in [1.82, 2.24) is 6.15 Å². The maximum Gasteiger partial charge on any atom is 0.336 e. The van der Waals surface area contributed by atoms with Crippen molar-refractivity contribution < 1.29 is 34.1 Å². The molecule has 106 valence electrons. The predicted octanol–water partition coefficient (Wildman–Crippen LogP) is -0.129. The van der Waals surface area contributed by atoms with Gasteiger partial charge >= 0.3 is 17.9 Å². The average Bonchev–Trinajstić information content (AvgIpc) is 2.17. The molecule has 0 spiro atoms. The maximum absolute atomic E-state index is 11.1. The minimum Gasteiger partial charge on any atom is -0.479 e. The van der Waals surface area contributed by atoms with Gasteiger partial charge in [0.1, 0.15) is 0 Å². The molecule has 18 heavy (non-hydrogen) atoms. The average molecular weight is 265 g/mol. The molecular weight excluding hydrogens is 246 g/mol. The van der Waals surface area contributed by atoms with Crippen molar-refractivity contribution in [3.05, 3.63) is 0 Å². The molecule has 0 amide bonds. The first-order valence-corrected chi connectivity index (χ1v) is 5.12. The number of rotatable bonds is 7. The number of esters is 2. The van der Waals surface area contributed by atoms with Crippen LogP contribution in [0.4, 0.5) is 0 Å². The van der Waals surface area contributed by atoms with Gasteiger partial charge in [-0.05, 0) is 13.8 Å². The smallest absolute Gasteiger partial charge is 0.336 e. The van der Waals surface area contributed by atoms with Crippen molar-refractivity contribution in [1.29, 1.82) is 0 Å². The van der Waals surface area contributed by atoms with Crippen LogP contribution in [0.15, 0.2) is 0 Å². The van der Waals surface area contributed by atoms with E-state index in [0.29, 0.717) is 0 Å². The highest BCUT2D eigenvalue weighted by atomic mass is 16.5. The molecule has 0 aliphatic rings. The number of carbonyl (C=O) groups is 3. The summed E-state index contributed by atoms with van der Waals surface area (Å²) in [7, 11) is 0. The second-order valence-electron chi connectivity index (χ2n) is 3.30. The number of hydrogen-bond acceptors (Lipinski definition) is 7. The van der Waals surface area contributed by atoms with Crippen LogP contribution in [0.1, 0.15) is 26.7 Å². The normalized spacial score (nSPS) is 10.2. The Kier molecular flexibility index (Phi) is 8.75. The summed E-state index contributed by atoms with van der Waals surface area (Å²) in [5.74, 6) is -3.44. The summed E-state index contributed by atoms with van der Waals surface area (Å²) in [5.41, 5.74) is -2.49. The Bertz CT molecular complexity index is 283. The lowest BCUT2D eigenvalue weighted by molar-refractivity contribution is -0.173. The fraction of sp³-hybridized carbons (Fsp3) is 0.700. The molecule has 0 saturated carbocycles. The van der Waals surface area contributed by atoms with Crippen molar-refractivity contribution in [3.8, 4) is 0 Å². The SMILES string of the molecule is CCOC(=O)CC(O)(CC(=O)OCC)C(=O)O.N. The lowest BCUT2D eigenvalue weighted by atomic mass is 9.96. The summed E-state index contributed by atoms with van der Waals surface area (Å²) in [6, 6.07) is 0. The van der Waals surface area contributed by atoms with Gasteiger partial charge in [0.05, 0.1) is 26.1 Å². The van der Waals surface area contributed by atoms with Crippen molar-refractivity contribution in [2.75, 3.05) is 13.2 Å². The predicted molar refractivity (Wildman–Crippen MR) is 60.1 cm³/mol. The van der Waals surface area contributed by atoms with Crippen LogP contribution in [0.2, 0.25) is 0 Å². The number of carbonyl (C=O) groups excluding carboxylic acids is 2. The highest BCUT2D eigenvalue weighted by molar-refractivity contribution is 5.88. The molecular formula is C10H19NO7. The molecule has 0 bridgehead atoms. The van der Waals surface area contributed by atoms with Crippen molar-refractivity contribution in [3.63, 3.8) is 0 Å². The topological polar surface area (TPSA) is 145 Å². The zero-order chi connectivity index (χ0) is 13.5. The fourth-order valence-electron chi connectivity index (χ4n) is 1.12. The van der Waals surface area contributed by atoms with E-state index >= 15 is 0 Å². The first-order chi connectivity index (χ1) is 7.85. The van der Waals surface area contributed by atoms with E-state index in [4.69, 9.17) is 5.11 Å². The van der Waals surface area contributed by atoms with Crippen molar-refractivity contribution in [2.45, 2.75) is 32.3 Å². The number of aliphatic hydroxyl groups is 1. The summed E-state index contributed by atoms with van der Waals surface area (Å²) in [6.07, 6.45) is -1.59. The molecule has 0 saturated heterocycles. The van der Waals surface area contributed by atoms with E-state index < -0.39 is 36.4 Å². The van der Waals surface area contributed by atoms with Gasteiger partial charge in [0, 0.05) is 0 Å². The molecule has 0 aromatic carbocycles. The molecule has 0 aliphatic carbocycles. The lowest BCUT2D eigenvalue weighted by Gasteiger charge is -2.21. The highest BCUT2D eigenvalue weighted by Crippen LogP contribution is 2.17. The molecule has 5 N–H and O–H groups in total. The molecule has 0 unspecified atom stereocenters. The van der Waals surface area contributed by atoms with E-state index in [1.165, 1.54) is 0 Å². The molecule has 0 aromatic rings. The number of carboxylic acids is 1. The van der Waals surface area contributed by atoms with Gasteiger partial charge in [0.15, 0.2) is 5.60 Å². The number of ether oxygens (including phenoxy) is 2. The fourth-order valence-corrected chi connectivity index (χ4v) is 1.12. The third kappa shape index (κ3) is 6.16. The van der Waals surface area contributed by atoms with E-state index in [2.05, 4.69) is 9.47 Å². The summed E-state index contributed by atoms with van der Waals surface area (Å²) >= 11 is 0. The molecule has 0 atom stereocenters. The first-order valence-electron chi connectivity index (χ1n) is 5.12. The van der Waals surface area contributed by atoms with E-state index in [0.717, 1.165) is 0 Å². The van der Waals surface area contributed by atoms with E-state index in [1.54, 1.807) is 13.8 Å². The minimum atomic E-state index is -2.49. The molecule has 8 heteroatoms. The second kappa shape index (κ2) is 8.43. The number of aliphatic carboxylic acids is 1. The van der Waals surface area contributed by atoms with Crippen LogP contribution < -0.4 is 6.15 Å². The molecule has 0 aliphatic heterocycles. The van der Waals surface area contributed by atoms with Gasteiger partial charge in [0.2, 0.25) is 0 Å². The van der Waals surface area contributed by atoms with Crippen molar-refractivity contribution >= 4 is 17.9 Å². The van der Waals surface area contributed by atoms with Crippen LogP contribution >= 0.6 is 0 Å². The van der Waals surface area contributed by atoms with Gasteiger partial charge in [-0.25, -0.2) is 4.79 Å². The van der Waals surface area contributed by atoms with E-state index in [9.17, 15) is 19.5 Å². The Hall–Kier alpha value is -1.67. The largest absolute Gasteiger partial charge is 0.479 e. The van der Waals surface area contributed by atoms with Gasteiger partial charge in [-0.2, -0.15) is 0 Å². The molecule has 0 aromatic heterocycles. The van der Waals surface area contributed by atoms with Crippen LogP contribution in [0.5, 0.6) is 0 Å². The third-order valence-electron chi connectivity index (χ3n) is 1.88. The maximum atomic E-state index is 11.1. The summed E-state index contributed by atoms with van der Waals surface area (Å²) < 4.78 is 9.03. The Morgan fingerprint density at radius 2 is 1.33 bits per heavy atom. The molecule has 0 radical (unpaired) electrons. The summed E-state index contributed by atoms with van der Waals surface area (Å²) in [5, 5.41) is 18.5. The monoisotopic (exact) mass is 265 g/mol. The quantitative estimate of drug-likeness (QED) is 0.539. The minimum absolute atomic E-state index is 0. The zero-order valence-electron chi connectivity index (χ0n) is 10.5. The standard InChI is InChI=1S/C10H16O7.H3N/c1-3-16-7(11)5-10(15,9(13)14)6-8(12)17-4-2;/h15H,3-6H2,1-2H3,(H,13,14);1H3. The van der Waals surface area contributed by atoms with Crippen LogP contribution in [-0.4, -0.2) is 46.9 Å². The first kappa shape index (κ1) is 18.7. The van der Waals surface area contributed by atoms with Gasteiger partial charge < -0.3 is 25.8 Å². The molecule has 0 rings (SSSR count). The lowest BCUT2D eigenvalue weighted by Crippen LogP contribution is -2.43.